The molecule has 0 spiro atoms. The van der Waals surface area contributed by atoms with Gasteiger partial charge in [0, 0.05) is 12.7 Å². The number of rotatable bonds is 7. The molecule has 0 saturated heterocycles. The first-order valence-corrected chi connectivity index (χ1v) is 11.8. The number of likely N-dealkylation sites (N-methyl/N-ethyl adjacent to an activating group) is 1. The SMILES string of the molecule is CN(Cc1nc2ccccc2c(=O)[nH]1)C(=O)Cc1ccc(NS(=O)(=O)c2ccc(F)cc2)cc1. The zero-order valence-corrected chi connectivity index (χ0v) is 19.0. The Morgan fingerprint density at radius 2 is 1.71 bits per heavy atom. The number of H-pyrrole nitrogens is 1. The number of halogens is 1. The van der Waals surface area contributed by atoms with E-state index in [1.807, 2.05) is 0 Å². The summed E-state index contributed by atoms with van der Waals surface area (Å²) in [7, 11) is -2.25. The van der Waals surface area contributed by atoms with Gasteiger partial charge in [-0.25, -0.2) is 17.8 Å². The Hall–Kier alpha value is -4.05. The predicted molar refractivity (Wildman–Crippen MR) is 126 cm³/mol. The molecule has 0 aliphatic rings. The molecular weight excluding hydrogens is 459 g/mol. The van der Waals surface area contributed by atoms with Gasteiger partial charge in [0.25, 0.3) is 15.6 Å². The summed E-state index contributed by atoms with van der Waals surface area (Å²) >= 11 is 0. The van der Waals surface area contributed by atoms with E-state index in [4.69, 9.17) is 0 Å². The van der Waals surface area contributed by atoms with Crippen molar-refractivity contribution in [2.24, 2.45) is 0 Å². The number of para-hydroxylation sites is 1. The van der Waals surface area contributed by atoms with E-state index >= 15 is 0 Å². The van der Waals surface area contributed by atoms with Crippen LogP contribution in [0.2, 0.25) is 0 Å². The standard InChI is InChI=1S/C24H21FN4O4S/c1-29(15-22-26-21-5-3-2-4-20(21)24(31)27-22)23(30)14-16-6-10-18(11-7-16)28-34(32,33)19-12-8-17(25)9-13-19/h2-13,28H,14-15H2,1H3,(H,26,27,31). The third-order valence-electron chi connectivity index (χ3n) is 5.16. The van der Waals surface area contributed by atoms with Crippen molar-refractivity contribution < 1.29 is 17.6 Å². The van der Waals surface area contributed by atoms with Gasteiger partial charge in [0.05, 0.1) is 28.8 Å². The lowest BCUT2D eigenvalue weighted by atomic mass is 10.1. The van der Waals surface area contributed by atoms with Gasteiger partial charge >= 0.3 is 0 Å². The second kappa shape index (κ2) is 9.44. The molecular formula is C24H21FN4O4S. The summed E-state index contributed by atoms with van der Waals surface area (Å²) < 4.78 is 40.3. The molecule has 0 saturated carbocycles. The molecule has 174 valence electrons. The van der Waals surface area contributed by atoms with Crippen LogP contribution in [0.1, 0.15) is 11.4 Å². The molecule has 0 radical (unpaired) electrons. The predicted octanol–water partition coefficient (Wildman–Crippen LogP) is 3.06. The van der Waals surface area contributed by atoms with Gasteiger partial charge in [-0.15, -0.1) is 0 Å². The lowest BCUT2D eigenvalue weighted by Gasteiger charge is -2.17. The quantitative estimate of drug-likeness (QED) is 0.422. The molecule has 10 heteroatoms. The van der Waals surface area contributed by atoms with Gasteiger partial charge in [0.15, 0.2) is 0 Å². The molecule has 1 heterocycles. The lowest BCUT2D eigenvalue weighted by molar-refractivity contribution is -0.129. The summed E-state index contributed by atoms with van der Waals surface area (Å²) in [5.41, 5.74) is 1.29. The van der Waals surface area contributed by atoms with Crippen LogP contribution in [0.3, 0.4) is 0 Å². The highest BCUT2D eigenvalue weighted by Crippen LogP contribution is 2.18. The highest BCUT2D eigenvalue weighted by molar-refractivity contribution is 7.92. The molecule has 4 rings (SSSR count). The largest absolute Gasteiger partial charge is 0.338 e. The van der Waals surface area contributed by atoms with E-state index in [2.05, 4.69) is 14.7 Å². The van der Waals surface area contributed by atoms with Crippen LogP contribution in [-0.4, -0.2) is 36.2 Å². The third kappa shape index (κ3) is 5.29. The van der Waals surface area contributed by atoms with E-state index in [1.54, 1.807) is 55.6 Å². The number of nitrogens with zero attached hydrogens (tertiary/aromatic N) is 2. The van der Waals surface area contributed by atoms with E-state index in [9.17, 15) is 22.4 Å². The fourth-order valence-electron chi connectivity index (χ4n) is 3.35. The number of carbonyl (C=O) groups is 1. The maximum absolute atomic E-state index is 13.0. The number of nitrogens with one attached hydrogen (secondary N) is 2. The number of anilines is 1. The summed E-state index contributed by atoms with van der Waals surface area (Å²) in [5.74, 6) is -0.346. The summed E-state index contributed by atoms with van der Waals surface area (Å²) in [4.78, 5) is 33.4. The molecule has 0 aliphatic carbocycles. The highest BCUT2D eigenvalue weighted by atomic mass is 32.2. The number of hydrogen-bond acceptors (Lipinski definition) is 5. The normalized spacial score (nSPS) is 11.4. The van der Waals surface area contributed by atoms with Crippen LogP contribution in [0.5, 0.6) is 0 Å². The van der Waals surface area contributed by atoms with E-state index in [0.29, 0.717) is 28.0 Å². The fourth-order valence-corrected chi connectivity index (χ4v) is 4.41. The number of benzene rings is 3. The Kier molecular flexibility index (Phi) is 6.42. The van der Waals surface area contributed by atoms with Gasteiger partial charge in [-0.3, -0.25) is 14.3 Å². The monoisotopic (exact) mass is 480 g/mol. The minimum absolute atomic E-state index is 0.0601. The zero-order valence-electron chi connectivity index (χ0n) is 18.2. The molecule has 8 nitrogen and oxygen atoms in total. The Balaban J connectivity index is 1.39. The molecule has 3 aromatic carbocycles. The molecule has 0 bridgehead atoms. The first-order valence-electron chi connectivity index (χ1n) is 10.3. The summed E-state index contributed by atoms with van der Waals surface area (Å²) in [6.45, 7) is 0.133. The van der Waals surface area contributed by atoms with Gasteiger partial charge in [0.2, 0.25) is 5.91 Å². The molecule has 0 unspecified atom stereocenters. The highest BCUT2D eigenvalue weighted by Gasteiger charge is 2.15. The van der Waals surface area contributed by atoms with Gasteiger partial charge in [-0.1, -0.05) is 24.3 Å². The lowest BCUT2D eigenvalue weighted by Crippen LogP contribution is -2.29. The molecule has 0 fully saturated rings. The van der Waals surface area contributed by atoms with E-state index < -0.39 is 15.8 Å². The van der Waals surface area contributed by atoms with Crippen molar-refractivity contribution in [1.29, 1.82) is 0 Å². The summed E-state index contributed by atoms with van der Waals surface area (Å²) in [6.07, 6.45) is 0.0826. The van der Waals surface area contributed by atoms with Crippen LogP contribution in [0, 0.1) is 5.82 Å². The number of amides is 1. The van der Waals surface area contributed by atoms with Crippen molar-refractivity contribution in [2.45, 2.75) is 17.9 Å². The number of aromatic nitrogens is 2. The fraction of sp³-hybridized carbons (Fsp3) is 0.125. The first kappa shape index (κ1) is 23.1. The molecule has 0 atom stereocenters. The maximum atomic E-state index is 13.0. The number of sulfonamides is 1. The minimum Gasteiger partial charge on any atom is -0.338 e. The van der Waals surface area contributed by atoms with Crippen molar-refractivity contribution in [3.05, 3.63) is 100 Å². The topological polar surface area (TPSA) is 112 Å². The second-order valence-corrected chi connectivity index (χ2v) is 9.40. The zero-order chi connectivity index (χ0) is 24.3. The van der Waals surface area contributed by atoms with Crippen molar-refractivity contribution in [2.75, 3.05) is 11.8 Å². The molecule has 0 aliphatic heterocycles. The third-order valence-corrected chi connectivity index (χ3v) is 6.56. The Morgan fingerprint density at radius 1 is 1.03 bits per heavy atom. The molecule has 1 aromatic heterocycles. The Morgan fingerprint density at radius 3 is 2.41 bits per heavy atom. The van der Waals surface area contributed by atoms with Crippen molar-refractivity contribution >= 4 is 32.5 Å². The van der Waals surface area contributed by atoms with Gasteiger partial charge in [-0.2, -0.15) is 0 Å². The molecule has 4 aromatic rings. The van der Waals surface area contributed by atoms with Gasteiger partial charge in [0.1, 0.15) is 11.6 Å². The van der Waals surface area contributed by atoms with E-state index in [-0.39, 0.29) is 29.3 Å². The average Bonchev–Trinajstić information content (AvgIpc) is 2.80. The number of aromatic amines is 1. The smallest absolute Gasteiger partial charge is 0.261 e. The number of fused-ring (bicyclic) bond motifs is 1. The van der Waals surface area contributed by atoms with Crippen molar-refractivity contribution in [3.8, 4) is 0 Å². The van der Waals surface area contributed by atoms with Crippen molar-refractivity contribution in [3.63, 3.8) is 0 Å². The summed E-state index contributed by atoms with van der Waals surface area (Å²) in [5, 5.41) is 0.482. The maximum Gasteiger partial charge on any atom is 0.261 e. The molecule has 1 amide bonds. The summed E-state index contributed by atoms with van der Waals surface area (Å²) in [6, 6.07) is 17.9. The van der Waals surface area contributed by atoms with Gasteiger partial charge < -0.3 is 9.88 Å². The Labute approximate surface area is 195 Å². The average molecular weight is 481 g/mol. The molecule has 34 heavy (non-hydrogen) atoms. The number of carbonyl (C=O) groups excluding carboxylic acids is 1. The van der Waals surface area contributed by atoms with Crippen LogP contribution >= 0.6 is 0 Å². The van der Waals surface area contributed by atoms with Crippen LogP contribution < -0.4 is 10.3 Å². The van der Waals surface area contributed by atoms with E-state index in [0.717, 1.165) is 12.1 Å². The van der Waals surface area contributed by atoms with Crippen molar-refractivity contribution in [1.82, 2.24) is 14.9 Å². The van der Waals surface area contributed by atoms with Crippen LogP contribution in [0.25, 0.3) is 10.9 Å². The van der Waals surface area contributed by atoms with Gasteiger partial charge in [-0.05, 0) is 54.1 Å². The Bertz CT molecular complexity index is 1500. The first-order chi connectivity index (χ1) is 16.2. The minimum atomic E-state index is -3.86. The van der Waals surface area contributed by atoms with Crippen LogP contribution in [0.15, 0.2) is 82.5 Å². The number of hydrogen-bond donors (Lipinski definition) is 2. The van der Waals surface area contributed by atoms with Crippen LogP contribution in [-0.2, 0) is 27.8 Å². The van der Waals surface area contributed by atoms with E-state index in [1.165, 1.54) is 17.0 Å². The molecule has 2 N–H and O–H groups in total. The van der Waals surface area contributed by atoms with Crippen LogP contribution in [0.4, 0.5) is 10.1 Å². The second-order valence-electron chi connectivity index (χ2n) is 7.71.